The second kappa shape index (κ2) is 5.81. The number of carbonyl (C=O) groups excluding carboxylic acids is 1. The summed E-state index contributed by atoms with van der Waals surface area (Å²) in [5.41, 5.74) is 1.94. The number of hydrogen-bond donors (Lipinski definition) is 2. The lowest BCUT2D eigenvalue weighted by atomic mass is 10.1. The largest absolute Gasteiger partial charge is 0.370 e. The third kappa shape index (κ3) is 3.50. The summed E-state index contributed by atoms with van der Waals surface area (Å²) < 4.78 is 0. The van der Waals surface area contributed by atoms with E-state index in [1.165, 1.54) is 0 Å². The number of nitrogens with one attached hydrogen (secondary N) is 2. The molecule has 4 heteroatoms. The molecule has 1 aromatic rings. The first-order valence-electron chi connectivity index (χ1n) is 7.52. The fourth-order valence-electron chi connectivity index (χ4n) is 2.33. The second-order valence-corrected chi connectivity index (χ2v) is 6.23. The molecule has 1 saturated carbocycles. The van der Waals surface area contributed by atoms with Crippen molar-refractivity contribution in [2.75, 3.05) is 11.9 Å². The van der Waals surface area contributed by atoms with E-state index in [9.17, 15) is 4.79 Å². The summed E-state index contributed by atoms with van der Waals surface area (Å²) in [7, 11) is 0. The van der Waals surface area contributed by atoms with Crippen LogP contribution in [0.3, 0.4) is 0 Å². The van der Waals surface area contributed by atoms with Crippen molar-refractivity contribution in [2.45, 2.75) is 53.0 Å². The molecule has 1 aromatic heterocycles. The Bertz CT molecular complexity index is 472. The van der Waals surface area contributed by atoms with Crippen LogP contribution in [0.25, 0.3) is 0 Å². The van der Waals surface area contributed by atoms with Crippen LogP contribution in [0.5, 0.6) is 0 Å². The van der Waals surface area contributed by atoms with Crippen LogP contribution < -0.4 is 10.6 Å². The van der Waals surface area contributed by atoms with Crippen molar-refractivity contribution < 1.29 is 4.79 Å². The highest BCUT2D eigenvalue weighted by molar-refractivity contribution is 5.95. The van der Waals surface area contributed by atoms with Crippen LogP contribution in [0, 0.1) is 5.41 Å². The maximum atomic E-state index is 12.3. The van der Waals surface area contributed by atoms with E-state index in [2.05, 4.69) is 36.4 Å². The molecule has 1 heterocycles. The van der Waals surface area contributed by atoms with E-state index in [4.69, 9.17) is 0 Å². The van der Waals surface area contributed by atoms with Crippen LogP contribution in [0.1, 0.15) is 56.6 Å². The molecule has 0 aliphatic heterocycles. The minimum Gasteiger partial charge on any atom is -0.370 e. The molecular formula is C16H25N3O. The molecule has 0 saturated heterocycles. The number of amides is 1. The number of anilines is 1. The monoisotopic (exact) mass is 275 g/mol. The van der Waals surface area contributed by atoms with E-state index in [-0.39, 0.29) is 11.3 Å². The molecule has 2 rings (SSSR count). The fourth-order valence-corrected chi connectivity index (χ4v) is 2.33. The Morgan fingerprint density at radius 2 is 2.10 bits per heavy atom. The molecule has 20 heavy (non-hydrogen) atoms. The predicted octanol–water partition coefficient (Wildman–Crippen LogP) is 2.99. The van der Waals surface area contributed by atoms with Gasteiger partial charge in [0.15, 0.2) is 0 Å². The first-order chi connectivity index (χ1) is 9.46. The number of hydrogen-bond acceptors (Lipinski definition) is 3. The first kappa shape index (κ1) is 14.8. The molecule has 1 aliphatic carbocycles. The van der Waals surface area contributed by atoms with E-state index in [0.29, 0.717) is 11.6 Å². The summed E-state index contributed by atoms with van der Waals surface area (Å²) in [6, 6.07) is 4.06. The van der Waals surface area contributed by atoms with Crippen LogP contribution >= 0.6 is 0 Å². The van der Waals surface area contributed by atoms with Crippen molar-refractivity contribution in [3.63, 3.8) is 0 Å². The van der Waals surface area contributed by atoms with Gasteiger partial charge in [-0.2, -0.15) is 0 Å². The molecule has 1 fully saturated rings. The molecule has 110 valence electrons. The van der Waals surface area contributed by atoms with Gasteiger partial charge in [0.25, 0.3) is 5.91 Å². The lowest BCUT2D eigenvalue weighted by Gasteiger charge is -2.11. The minimum absolute atomic E-state index is 0.0134. The van der Waals surface area contributed by atoms with Gasteiger partial charge in [0, 0.05) is 23.8 Å². The van der Waals surface area contributed by atoms with Gasteiger partial charge in [0.2, 0.25) is 0 Å². The van der Waals surface area contributed by atoms with Crippen LogP contribution in [-0.2, 0) is 6.42 Å². The molecule has 1 amide bonds. The van der Waals surface area contributed by atoms with E-state index < -0.39 is 0 Å². The summed E-state index contributed by atoms with van der Waals surface area (Å²) in [5, 5.41) is 6.30. The van der Waals surface area contributed by atoms with E-state index >= 15 is 0 Å². The van der Waals surface area contributed by atoms with Crippen molar-refractivity contribution >= 4 is 11.7 Å². The normalized spacial score (nSPS) is 19.5. The molecule has 0 bridgehead atoms. The molecule has 2 N–H and O–H groups in total. The van der Waals surface area contributed by atoms with Crippen LogP contribution in [-0.4, -0.2) is 23.5 Å². The zero-order valence-corrected chi connectivity index (χ0v) is 12.9. The van der Waals surface area contributed by atoms with E-state index in [1.54, 1.807) is 0 Å². The maximum absolute atomic E-state index is 12.3. The van der Waals surface area contributed by atoms with Gasteiger partial charge < -0.3 is 10.6 Å². The smallest absolute Gasteiger partial charge is 0.251 e. The van der Waals surface area contributed by atoms with Gasteiger partial charge in [-0.3, -0.25) is 4.79 Å². The summed E-state index contributed by atoms with van der Waals surface area (Å²) >= 11 is 0. The number of aryl methyl sites for hydroxylation is 1. The molecular weight excluding hydrogens is 250 g/mol. The number of carbonyl (C=O) groups is 1. The average molecular weight is 275 g/mol. The zero-order chi connectivity index (χ0) is 14.8. The van der Waals surface area contributed by atoms with E-state index in [1.807, 2.05) is 19.1 Å². The Hall–Kier alpha value is -1.58. The van der Waals surface area contributed by atoms with Gasteiger partial charge in [-0.1, -0.05) is 27.2 Å². The third-order valence-electron chi connectivity index (χ3n) is 3.82. The zero-order valence-electron chi connectivity index (χ0n) is 12.9. The van der Waals surface area contributed by atoms with Gasteiger partial charge >= 0.3 is 0 Å². The van der Waals surface area contributed by atoms with Crippen molar-refractivity contribution in [3.05, 3.63) is 23.4 Å². The quantitative estimate of drug-likeness (QED) is 0.839. The highest BCUT2D eigenvalue weighted by Crippen LogP contribution is 2.44. The second-order valence-electron chi connectivity index (χ2n) is 6.23. The number of rotatable bonds is 6. The Balaban J connectivity index is 2.14. The Morgan fingerprint density at radius 3 is 2.65 bits per heavy atom. The lowest BCUT2D eigenvalue weighted by molar-refractivity contribution is 0.0946. The predicted molar refractivity (Wildman–Crippen MR) is 82.0 cm³/mol. The Labute approximate surface area is 121 Å². The van der Waals surface area contributed by atoms with Crippen molar-refractivity contribution in [1.82, 2.24) is 10.3 Å². The number of aromatic nitrogens is 1. The van der Waals surface area contributed by atoms with Crippen molar-refractivity contribution in [1.29, 1.82) is 0 Å². The number of pyridine rings is 1. The first-order valence-corrected chi connectivity index (χ1v) is 7.52. The molecule has 1 unspecified atom stereocenters. The molecule has 0 radical (unpaired) electrons. The molecule has 0 spiro atoms. The Morgan fingerprint density at radius 1 is 1.40 bits per heavy atom. The summed E-state index contributed by atoms with van der Waals surface area (Å²) in [6.45, 7) is 9.31. The van der Waals surface area contributed by atoms with Crippen molar-refractivity contribution in [3.8, 4) is 0 Å². The molecule has 0 aromatic carbocycles. The molecule has 1 atom stereocenters. The van der Waals surface area contributed by atoms with E-state index in [0.717, 1.165) is 37.3 Å². The van der Waals surface area contributed by atoms with Gasteiger partial charge in [-0.05, 0) is 37.3 Å². The Kier molecular flexibility index (Phi) is 4.31. The van der Waals surface area contributed by atoms with Crippen LogP contribution in [0.2, 0.25) is 0 Å². The lowest BCUT2D eigenvalue weighted by Crippen LogP contribution is -2.28. The molecule has 1 aliphatic rings. The van der Waals surface area contributed by atoms with Crippen LogP contribution in [0.4, 0.5) is 5.82 Å². The highest BCUT2D eigenvalue weighted by Gasteiger charge is 2.46. The summed E-state index contributed by atoms with van der Waals surface area (Å²) in [6.07, 6.45) is 2.99. The molecule has 4 nitrogen and oxygen atoms in total. The SMILES string of the molecule is CCCc1cc(C(=O)NC2CC2(C)C)cc(NCC)n1. The van der Waals surface area contributed by atoms with Gasteiger partial charge in [-0.15, -0.1) is 0 Å². The topological polar surface area (TPSA) is 54.0 Å². The van der Waals surface area contributed by atoms with Gasteiger partial charge in [0.1, 0.15) is 5.82 Å². The summed E-state index contributed by atoms with van der Waals surface area (Å²) in [4.78, 5) is 16.9. The standard InChI is InChI=1S/C16H25N3O/c1-5-7-12-8-11(9-14(18-12)17-6-2)15(20)19-13-10-16(13,3)4/h8-9,13H,5-7,10H2,1-4H3,(H,17,18)(H,19,20). The summed E-state index contributed by atoms with van der Waals surface area (Å²) in [5.74, 6) is 0.804. The van der Waals surface area contributed by atoms with Crippen LogP contribution in [0.15, 0.2) is 12.1 Å². The van der Waals surface area contributed by atoms with Crippen molar-refractivity contribution in [2.24, 2.45) is 5.41 Å². The third-order valence-corrected chi connectivity index (χ3v) is 3.82. The average Bonchev–Trinajstić information content (AvgIpc) is 2.97. The maximum Gasteiger partial charge on any atom is 0.251 e. The number of nitrogens with zero attached hydrogens (tertiary/aromatic N) is 1. The highest BCUT2D eigenvalue weighted by atomic mass is 16.1. The fraction of sp³-hybridized carbons (Fsp3) is 0.625. The van der Waals surface area contributed by atoms with Gasteiger partial charge in [-0.25, -0.2) is 4.98 Å². The van der Waals surface area contributed by atoms with Gasteiger partial charge in [0.05, 0.1) is 0 Å². The minimum atomic E-state index is 0.0134.